The third-order valence-corrected chi connectivity index (χ3v) is 1.96. The first-order valence-corrected chi connectivity index (χ1v) is 3.68. The van der Waals surface area contributed by atoms with Gasteiger partial charge in [0.15, 0.2) is 0 Å². The molecule has 0 saturated carbocycles. The summed E-state index contributed by atoms with van der Waals surface area (Å²) in [5.41, 5.74) is 0. The van der Waals surface area contributed by atoms with E-state index in [1.54, 1.807) is 7.11 Å². The molecule has 0 spiro atoms. The highest BCUT2D eigenvalue weighted by Gasteiger charge is 2.13. The maximum absolute atomic E-state index is 8.76. The van der Waals surface area contributed by atoms with Crippen molar-refractivity contribution in [2.24, 2.45) is 5.92 Å². The topological polar surface area (TPSA) is 29.5 Å². The van der Waals surface area contributed by atoms with Crippen molar-refractivity contribution >= 4 is 0 Å². The molecule has 0 bridgehead atoms. The summed E-state index contributed by atoms with van der Waals surface area (Å²) >= 11 is 0. The zero-order valence-electron chi connectivity index (χ0n) is 6.29. The predicted octanol–water partition coefficient (Wildman–Crippen LogP) is 0.960. The summed E-state index contributed by atoms with van der Waals surface area (Å²) in [5, 5.41) is 8.76. The average Bonchev–Trinajstić information content (AvgIpc) is 2.05. The van der Waals surface area contributed by atoms with E-state index in [9.17, 15) is 0 Å². The van der Waals surface area contributed by atoms with Crippen LogP contribution in [0.4, 0.5) is 0 Å². The molecule has 0 saturated heterocycles. The van der Waals surface area contributed by atoms with Gasteiger partial charge in [-0.05, 0) is 12.8 Å². The minimum Gasteiger partial charge on any atom is -0.396 e. The van der Waals surface area contributed by atoms with Gasteiger partial charge in [0.05, 0.1) is 6.10 Å². The fourth-order valence-corrected chi connectivity index (χ4v) is 1.20. The van der Waals surface area contributed by atoms with Crippen molar-refractivity contribution in [2.45, 2.75) is 18.9 Å². The van der Waals surface area contributed by atoms with Gasteiger partial charge >= 0.3 is 0 Å². The minimum atomic E-state index is 0.271. The van der Waals surface area contributed by atoms with Gasteiger partial charge in [-0.15, -0.1) is 0 Å². The van der Waals surface area contributed by atoms with Crippen LogP contribution in [0.3, 0.4) is 0 Å². The maximum atomic E-state index is 8.76. The van der Waals surface area contributed by atoms with Crippen LogP contribution in [0, 0.1) is 5.92 Å². The fraction of sp³-hybridized carbons (Fsp3) is 0.750. The zero-order chi connectivity index (χ0) is 7.40. The van der Waals surface area contributed by atoms with E-state index in [4.69, 9.17) is 9.84 Å². The predicted molar refractivity (Wildman–Crippen MR) is 39.7 cm³/mol. The largest absolute Gasteiger partial charge is 0.396 e. The van der Waals surface area contributed by atoms with E-state index >= 15 is 0 Å². The van der Waals surface area contributed by atoms with Crippen molar-refractivity contribution in [1.29, 1.82) is 0 Å². The Morgan fingerprint density at radius 1 is 1.50 bits per heavy atom. The van der Waals surface area contributed by atoms with E-state index in [1.165, 1.54) is 0 Å². The molecule has 10 heavy (non-hydrogen) atoms. The summed E-state index contributed by atoms with van der Waals surface area (Å²) in [6.45, 7) is 0.271. The third-order valence-electron chi connectivity index (χ3n) is 1.96. The van der Waals surface area contributed by atoms with Crippen molar-refractivity contribution in [1.82, 2.24) is 0 Å². The number of aliphatic hydroxyl groups excluding tert-OH is 1. The molecule has 0 aromatic heterocycles. The molecule has 0 amide bonds. The quantitative estimate of drug-likeness (QED) is 0.582. The first kappa shape index (κ1) is 7.76. The number of rotatable bonds is 2. The molecule has 2 unspecified atom stereocenters. The highest BCUT2D eigenvalue weighted by atomic mass is 16.5. The second-order valence-electron chi connectivity index (χ2n) is 2.68. The van der Waals surface area contributed by atoms with Gasteiger partial charge in [-0.1, -0.05) is 12.2 Å². The van der Waals surface area contributed by atoms with Gasteiger partial charge in [-0.2, -0.15) is 0 Å². The summed E-state index contributed by atoms with van der Waals surface area (Å²) in [6.07, 6.45) is 6.44. The Balaban J connectivity index is 2.36. The van der Waals surface area contributed by atoms with Crippen molar-refractivity contribution < 1.29 is 9.84 Å². The SMILES string of the molecule is COC1C=CC(CO)CC1. The average molecular weight is 142 g/mol. The third kappa shape index (κ3) is 1.82. The van der Waals surface area contributed by atoms with Crippen molar-refractivity contribution in [2.75, 3.05) is 13.7 Å². The second-order valence-corrected chi connectivity index (χ2v) is 2.68. The van der Waals surface area contributed by atoms with Crippen LogP contribution in [0.15, 0.2) is 12.2 Å². The molecule has 2 nitrogen and oxygen atoms in total. The van der Waals surface area contributed by atoms with Gasteiger partial charge in [0.25, 0.3) is 0 Å². The Labute approximate surface area is 61.5 Å². The lowest BCUT2D eigenvalue weighted by molar-refractivity contribution is 0.115. The van der Waals surface area contributed by atoms with Crippen molar-refractivity contribution in [3.63, 3.8) is 0 Å². The van der Waals surface area contributed by atoms with Gasteiger partial charge in [-0.3, -0.25) is 0 Å². The van der Waals surface area contributed by atoms with Gasteiger partial charge in [-0.25, -0.2) is 0 Å². The van der Waals surface area contributed by atoms with Gasteiger partial charge < -0.3 is 9.84 Å². The Morgan fingerprint density at radius 3 is 2.70 bits per heavy atom. The summed E-state index contributed by atoms with van der Waals surface area (Å²) in [5.74, 6) is 0.367. The van der Waals surface area contributed by atoms with E-state index in [1.807, 2.05) is 12.2 Å². The highest BCUT2D eigenvalue weighted by Crippen LogP contribution is 2.18. The minimum absolute atomic E-state index is 0.271. The van der Waals surface area contributed by atoms with Gasteiger partial charge in [0, 0.05) is 19.6 Å². The Bertz CT molecular complexity index is 106. The van der Waals surface area contributed by atoms with E-state index in [2.05, 4.69) is 0 Å². The standard InChI is InChI=1S/C8H14O2/c1-10-8-4-2-7(6-9)3-5-8/h2,4,7-9H,3,5-6H2,1H3. The van der Waals surface area contributed by atoms with Crippen LogP contribution in [0.1, 0.15) is 12.8 Å². The Kier molecular flexibility index (Phi) is 2.90. The molecule has 2 atom stereocenters. The lowest BCUT2D eigenvalue weighted by Gasteiger charge is -2.19. The Morgan fingerprint density at radius 2 is 2.30 bits per heavy atom. The molecule has 1 N–H and O–H groups in total. The van der Waals surface area contributed by atoms with Crippen LogP contribution in [0.2, 0.25) is 0 Å². The summed E-state index contributed by atoms with van der Waals surface area (Å²) < 4.78 is 5.12. The maximum Gasteiger partial charge on any atom is 0.0752 e. The molecule has 1 aliphatic rings. The fourth-order valence-electron chi connectivity index (χ4n) is 1.20. The Hall–Kier alpha value is -0.340. The summed E-state index contributed by atoms with van der Waals surface area (Å²) in [6, 6.07) is 0. The molecule has 1 aliphatic carbocycles. The lowest BCUT2D eigenvalue weighted by Crippen LogP contribution is -2.16. The molecule has 2 heteroatoms. The lowest BCUT2D eigenvalue weighted by atomic mass is 9.95. The number of hydrogen-bond acceptors (Lipinski definition) is 2. The summed E-state index contributed by atoms with van der Waals surface area (Å²) in [4.78, 5) is 0. The molecule has 58 valence electrons. The molecule has 1 rings (SSSR count). The number of ether oxygens (including phenoxy) is 1. The van der Waals surface area contributed by atoms with E-state index < -0.39 is 0 Å². The second kappa shape index (κ2) is 3.74. The highest BCUT2D eigenvalue weighted by molar-refractivity contribution is 4.98. The number of aliphatic hydroxyl groups is 1. The molecule has 0 heterocycles. The molecule has 0 aromatic carbocycles. The molecule has 0 fully saturated rings. The molecule has 0 radical (unpaired) electrons. The first-order chi connectivity index (χ1) is 4.86. The smallest absolute Gasteiger partial charge is 0.0752 e. The normalized spacial score (nSPS) is 32.6. The van der Waals surface area contributed by atoms with Crippen LogP contribution >= 0.6 is 0 Å². The van der Waals surface area contributed by atoms with Crippen LogP contribution in [0.5, 0.6) is 0 Å². The molecule has 0 aliphatic heterocycles. The van der Waals surface area contributed by atoms with E-state index in [0.717, 1.165) is 12.8 Å². The molecular weight excluding hydrogens is 128 g/mol. The van der Waals surface area contributed by atoms with Gasteiger partial charge in [0.2, 0.25) is 0 Å². The summed E-state index contributed by atoms with van der Waals surface area (Å²) in [7, 11) is 1.72. The van der Waals surface area contributed by atoms with Crippen LogP contribution in [-0.2, 0) is 4.74 Å². The van der Waals surface area contributed by atoms with E-state index in [-0.39, 0.29) is 12.7 Å². The van der Waals surface area contributed by atoms with Gasteiger partial charge in [0.1, 0.15) is 0 Å². The van der Waals surface area contributed by atoms with Crippen molar-refractivity contribution in [3.8, 4) is 0 Å². The molecular formula is C8H14O2. The molecule has 0 aromatic rings. The van der Waals surface area contributed by atoms with Crippen LogP contribution in [-0.4, -0.2) is 24.9 Å². The number of hydrogen-bond donors (Lipinski definition) is 1. The van der Waals surface area contributed by atoms with Crippen LogP contribution < -0.4 is 0 Å². The zero-order valence-corrected chi connectivity index (χ0v) is 6.29. The monoisotopic (exact) mass is 142 g/mol. The van der Waals surface area contributed by atoms with Crippen LogP contribution in [0.25, 0.3) is 0 Å². The van der Waals surface area contributed by atoms with Crippen molar-refractivity contribution in [3.05, 3.63) is 12.2 Å². The van der Waals surface area contributed by atoms with E-state index in [0.29, 0.717) is 5.92 Å². The first-order valence-electron chi connectivity index (χ1n) is 3.68. The number of methoxy groups -OCH3 is 1.